The maximum atomic E-state index is 6.00. The largest absolute Gasteiger partial charge is 0.456 e. The molecule has 0 unspecified atom stereocenters. The Morgan fingerprint density at radius 3 is 2.00 bits per heavy atom. The number of para-hydroxylation sites is 2. The molecule has 0 saturated heterocycles. The Morgan fingerprint density at radius 1 is 0.556 bits per heavy atom. The number of furan rings is 1. The standard InChI is InChI=1S/C24H18BNO/c25-17-10-12-19(13-11-17)26(18-6-2-1-3-7-18)20-14-15-24-22(16-20)21-8-4-5-9-23(21)27-24/h1-16H,25H2. The van der Waals surface area contributed by atoms with Crippen molar-refractivity contribution in [1.29, 1.82) is 0 Å². The summed E-state index contributed by atoms with van der Waals surface area (Å²) in [6.45, 7) is 0. The first-order valence-corrected chi connectivity index (χ1v) is 9.13. The van der Waals surface area contributed by atoms with E-state index in [1.54, 1.807) is 0 Å². The molecule has 27 heavy (non-hydrogen) atoms. The first-order valence-electron chi connectivity index (χ1n) is 9.13. The predicted octanol–water partition coefficient (Wildman–Crippen LogP) is 5.31. The lowest BCUT2D eigenvalue weighted by molar-refractivity contribution is 0.669. The lowest BCUT2D eigenvalue weighted by Gasteiger charge is -2.25. The average molecular weight is 347 g/mol. The Hall–Kier alpha value is -3.46. The zero-order valence-electron chi connectivity index (χ0n) is 15.1. The van der Waals surface area contributed by atoms with Crippen LogP contribution in [0.2, 0.25) is 0 Å². The summed E-state index contributed by atoms with van der Waals surface area (Å²) >= 11 is 0. The summed E-state index contributed by atoms with van der Waals surface area (Å²) in [4.78, 5) is 2.28. The molecule has 0 spiro atoms. The van der Waals surface area contributed by atoms with Crippen molar-refractivity contribution < 1.29 is 4.42 Å². The average Bonchev–Trinajstić information content (AvgIpc) is 3.09. The van der Waals surface area contributed by atoms with Crippen LogP contribution in [0, 0.1) is 0 Å². The van der Waals surface area contributed by atoms with Crippen LogP contribution in [0.4, 0.5) is 17.1 Å². The number of hydrogen-bond acceptors (Lipinski definition) is 2. The molecule has 4 aromatic carbocycles. The summed E-state index contributed by atoms with van der Waals surface area (Å²) in [5.41, 5.74) is 6.47. The van der Waals surface area contributed by atoms with E-state index in [1.807, 2.05) is 18.2 Å². The van der Waals surface area contributed by atoms with Gasteiger partial charge < -0.3 is 9.32 Å². The lowest BCUT2D eigenvalue weighted by Crippen LogP contribution is -2.11. The van der Waals surface area contributed by atoms with Gasteiger partial charge in [-0.15, -0.1) is 0 Å². The summed E-state index contributed by atoms with van der Waals surface area (Å²) in [5, 5.41) is 2.28. The van der Waals surface area contributed by atoms with Crippen molar-refractivity contribution in [3.05, 3.63) is 97.1 Å². The summed E-state index contributed by atoms with van der Waals surface area (Å²) in [5.74, 6) is 0. The van der Waals surface area contributed by atoms with E-state index >= 15 is 0 Å². The molecular weight excluding hydrogens is 329 g/mol. The van der Waals surface area contributed by atoms with Gasteiger partial charge in [0.25, 0.3) is 0 Å². The quantitative estimate of drug-likeness (QED) is 0.411. The summed E-state index contributed by atoms with van der Waals surface area (Å²) in [7, 11) is 2.11. The Kier molecular flexibility index (Phi) is 3.72. The van der Waals surface area contributed by atoms with Crippen LogP contribution in [0.15, 0.2) is 101 Å². The predicted molar refractivity (Wildman–Crippen MR) is 117 cm³/mol. The van der Waals surface area contributed by atoms with Crippen LogP contribution in [0.3, 0.4) is 0 Å². The second kappa shape index (κ2) is 6.37. The van der Waals surface area contributed by atoms with Crippen molar-refractivity contribution >= 4 is 52.3 Å². The third-order valence-electron chi connectivity index (χ3n) is 4.93. The molecule has 5 aromatic rings. The van der Waals surface area contributed by atoms with Gasteiger partial charge in [-0.1, -0.05) is 54.0 Å². The maximum Gasteiger partial charge on any atom is 0.139 e. The molecular formula is C24H18BNO. The van der Waals surface area contributed by atoms with Gasteiger partial charge in [0.15, 0.2) is 0 Å². The van der Waals surface area contributed by atoms with E-state index in [0.29, 0.717) is 0 Å². The first kappa shape index (κ1) is 15.8. The Labute approximate surface area is 159 Å². The molecule has 5 rings (SSSR count). The minimum atomic E-state index is 0.914. The third-order valence-corrected chi connectivity index (χ3v) is 4.93. The van der Waals surface area contributed by atoms with Gasteiger partial charge in [0.1, 0.15) is 19.0 Å². The van der Waals surface area contributed by atoms with Crippen LogP contribution in [0.25, 0.3) is 21.9 Å². The van der Waals surface area contributed by atoms with Crippen LogP contribution in [0.5, 0.6) is 0 Å². The van der Waals surface area contributed by atoms with Gasteiger partial charge in [-0.3, -0.25) is 0 Å². The molecule has 0 aliphatic heterocycles. The number of fused-ring (bicyclic) bond motifs is 3. The number of benzene rings is 4. The summed E-state index contributed by atoms with van der Waals surface area (Å²) < 4.78 is 6.00. The molecule has 0 radical (unpaired) electrons. The Balaban J connectivity index is 1.73. The summed E-state index contributed by atoms with van der Waals surface area (Å²) in [6.07, 6.45) is 0. The molecule has 0 fully saturated rings. The molecule has 0 saturated carbocycles. The minimum Gasteiger partial charge on any atom is -0.456 e. The number of nitrogens with zero attached hydrogens (tertiary/aromatic N) is 1. The number of hydrogen-bond donors (Lipinski definition) is 0. The van der Waals surface area contributed by atoms with Crippen LogP contribution in [-0.2, 0) is 0 Å². The second-order valence-corrected chi connectivity index (χ2v) is 6.79. The van der Waals surface area contributed by atoms with Crippen molar-refractivity contribution in [2.24, 2.45) is 0 Å². The van der Waals surface area contributed by atoms with Gasteiger partial charge >= 0.3 is 0 Å². The van der Waals surface area contributed by atoms with E-state index in [0.717, 1.165) is 39.0 Å². The molecule has 0 amide bonds. The van der Waals surface area contributed by atoms with Gasteiger partial charge in [0.05, 0.1) is 0 Å². The normalized spacial score (nSPS) is 11.1. The van der Waals surface area contributed by atoms with Crippen molar-refractivity contribution in [3.63, 3.8) is 0 Å². The lowest BCUT2D eigenvalue weighted by atomic mass is 9.96. The van der Waals surface area contributed by atoms with E-state index in [4.69, 9.17) is 4.42 Å². The van der Waals surface area contributed by atoms with E-state index < -0.39 is 0 Å². The highest BCUT2D eigenvalue weighted by atomic mass is 16.3. The van der Waals surface area contributed by atoms with Crippen molar-refractivity contribution in [1.82, 2.24) is 0 Å². The zero-order valence-corrected chi connectivity index (χ0v) is 15.1. The molecule has 0 aliphatic rings. The van der Waals surface area contributed by atoms with E-state index in [9.17, 15) is 0 Å². The molecule has 1 heterocycles. The number of rotatable bonds is 3. The molecule has 3 heteroatoms. The van der Waals surface area contributed by atoms with Crippen LogP contribution in [0.1, 0.15) is 0 Å². The van der Waals surface area contributed by atoms with Gasteiger partial charge in [-0.2, -0.15) is 0 Å². The topological polar surface area (TPSA) is 16.4 Å². The SMILES string of the molecule is Bc1ccc(N(c2ccccc2)c2ccc3oc4ccccc4c3c2)cc1. The molecule has 0 N–H and O–H groups in total. The minimum absolute atomic E-state index is 0.914. The zero-order chi connectivity index (χ0) is 18.2. The highest BCUT2D eigenvalue weighted by Gasteiger charge is 2.14. The van der Waals surface area contributed by atoms with Gasteiger partial charge in [0, 0.05) is 27.8 Å². The van der Waals surface area contributed by atoms with E-state index in [1.165, 1.54) is 5.46 Å². The van der Waals surface area contributed by atoms with Gasteiger partial charge in [-0.05, 0) is 48.5 Å². The molecule has 2 nitrogen and oxygen atoms in total. The molecule has 0 aliphatic carbocycles. The molecule has 128 valence electrons. The highest BCUT2D eigenvalue weighted by Crippen LogP contribution is 2.38. The maximum absolute atomic E-state index is 6.00. The fourth-order valence-electron chi connectivity index (χ4n) is 3.57. The smallest absolute Gasteiger partial charge is 0.139 e. The molecule has 0 bridgehead atoms. The van der Waals surface area contributed by atoms with E-state index in [-0.39, 0.29) is 0 Å². The number of anilines is 3. The van der Waals surface area contributed by atoms with Crippen LogP contribution >= 0.6 is 0 Å². The van der Waals surface area contributed by atoms with Crippen LogP contribution < -0.4 is 10.4 Å². The summed E-state index contributed by atoms with van der Waals surface area (Å²) in [6, 6.07) is 33.7. The van der Waals surface area contributed by atoms with Crippen molar-refractivity contribution in [2.75, 3.05) is 4.90 Å². The Morgan fingerprint density at radius 2 is 1.19 bits per heavy atom. The van der Waals surface area contributed by atoms with E-state index in [2.05, 4.69) is 91.6 Å². The Bertz CT molecular complexity index is 1230. The fraction of sp³-hybridized carbons (Fsp3) is 0. The van der Waals surface area contributed by atoms with Crippen molar-refractivity contribution in [3.8, 4) is 0 Å². The monoisotopic (exact) mass is 347 g/mol. The van der Waals surface area contributed by atoms with Crippen molar-refractivity contribution in [2.45, 2.75) is 0 Å². The van der Waals surface area contributed by atoms with Gasteiger partial charge in [0.2, 0.25) is 0 Å². The molecule has 1 aromatic heterocycles. The molecule has 0 atom stereocenters. The second-order valence-electron chi connectivity index (χ2n) is 6.79. The highest BCUT2D eigenvalue weighted by molar-refractivity contribution is 6.32. The third kappa shape index (κ3) is 2.78. The first-order chi connectivity index (χ1) is 13.3. The van der Waals surface area contributed by atoms with Crippen LogP contribution in [-0.4, -0.2) is 7.85 Å². The van der Waals surface area contributed by atoms with Gasteiger partial charge in [-0.25, -0.2) is 0 Å². The fourth-order valence-corrected chi connectivity index (χ4v) is 3.57.